The zero-order valence-electron chi connectivity index (χ0n) is 15.6. The Kier molecular flexibility index (Phi) is 5.59. The first-order valence-corrected chi connectivity index (χ1v) is 10.0. The van der Waals surface area contributed by atoms with Crippen LogP contribution < -0.4 is 9.57 Å². The van der Waals surface area contributed by atoms with Crippen LogP contribution in [-0.2, 0) is 32.6 Å². The number of alkyl halides is 2. The molecule has 0 aliphatic carbocycles. The average Bonchev–Trinajstić information content (AvgIpc) is 3.32. The van der Waals surface area contributed by atoms with E-state index in [4.69, 9.17) is 9.57 Å². The van der Waals surface area contributed by atoms with Crippen molar-refractivity contribution in [3.05, 3.63) is 41.7 Å². The standard InChI is InChI=1S/C18H16F2N4O5S/c1-27-8-16(25)24-7-11-14(21-5-4-15(11)29-24)9-30(26)18-22-12-3-2-10(28-17(19)20)6-13(12)23-18/h2-6,17H,7-9H2,1H3,(H,22,23). The van der Waals surface area contributed by atoms with Gasteiger partial charge < -0.3 is 19.3 Å². The number of nitrogens with zero attached hydrogens (tertiary/aromatic N) is 3. The summed E-state index contributed by atoms with van der Waals surface area (Å²) in [7, 11) is -0.194. The first-order valence-electron chi connectivity index (χ1n) is 8.71. The Morgan fingerprint density at radius 3 is 3.00 bits per heavy atom. The van der Waals surface area contributed by atoms with Crippen molar-refractivity contribution in [3.8, 4) is 11.5 Å². The van der Waals surface area contributed by atoms with E-state index in [1.165, 1.54) is 31.5 Å². The Labute approximate surface area is 171 Å². The van der Waals surface area contributed by atoms with E-state index in [0.29, 0.717) is 28.0 Å². The summed E-state index contributed by atoms with van der Waals surface area (Å²) in [6.45, 7) is -2.91. The topological polar surface area (TPSA) is 107 Å². The van der Waals surface area contributed by atoms with Gasteiger partial charge in [-0.15, -0.1) is 0 Å². The smallest absolute Gasteiger partial charge is 0.387 e. The third-order valence-electron chi connectivity index (χ3n) is 4.30. The summed E-state index contributed by atoms with van der Waals surface area (Å²) < 4.78 is 46.8. The Balaban J connectivity index is 1.53. The number of aromatic nitrogens is 3. The number of pyridine rings is 1. The van der Waals surface area contributed by atoms with Crippen LogP contribution in [0.1, 0.15) is 11.3 Å². The van der Waals surface area contributed by atoms with Gasteiger partial charge in [-0.2, -0.15) is 13.8 Å². The summed E-state index contributed by atoms with van der Waals surface area (Å²) in [5.74, 6) is 0.109. The lowest BCUT2D eigenvalue weighted by Gasteiger charge is -2.13. The largest absolute Gasteiger partial charge is 0.435 e. The van der Waals surface area contributed by atoms with Crippen LogP contribution in [-0.4, -0.2) is 50.5 Å². The highest BCUT2D eigenvalue weighted by Crippen LogP contribution is 2.31. The van der Waals surface area contributed by atoms with Crippen LogP contribution in [0.25, 0.3) is 11.0 Å². The van der Waals surface area contributed by atoms with Crippen LogP contribution in [0.4, 0.5) is 8.78 Å². The summed E-state index contributed by atoms with van der Waals surface area (Å²) in [5.41, 5.74) is 2.04. The molecule has 1 aliphatic rings. The number of fused-ring (bicyclic) bond motifs is 2. The molecule has 2 aromatic heterocycles. The fraction of sp³-hybridized carbons (Fsp3) is 0.278. The van der Waals surface area contributed by atoms with Crippen LogP contribution in [0, 0.1) is 0 Å². The van der Waals surface area contributed by atoms with E-state index >= 15 is 0 Å². The number of benzene rings is 1. The summed E-state index contributed by atoms with van der Waals surface area (Å²) in [6.07, 6.45) is 1.50. The number of hydrogen-bond acceptors (Lipinski definition) is 7. The minimum Gasteiger partial charge on any atom is -0.435 e. The second-order valence-corrected chi connectivity index (χ2v) is 7.64. The van der Waals surface area contributed by atoms with E-state index in [1.54, 1.807) is 6.07 Å². The Morgan fingerprint density at radius 2 is 2.23 bits per heavy atom. The Bertz CT molecular complexity index is 1120. The number of carbonyl (C=O) groups excluding carboxylic acids is 1. The molecule has 3 aromatic rings. The molecule has 4 rings (SSSR count). The number of ether oxygens (including phenoxy) is 2. The van der Waals surface area contributed by atoms with E-state index in [0.717, 1.165) is 5.06 Å². The van der Waals surface area contributed by atoms with E-state index in [9.17, 15) is 17.8 Å². The van der Waals surface area contributed by atoms with E-state index in [2.05, 4.69) is 19.7 Å². The lowest BCUT2D eigenvalue weighted by molar-refractivity contribution is -0.159. The van der Waals surface area contributed by atoms with Gasteiger partial charge in [-0.05, 0) is 12.1 Å². The molecule has 30 heavy (non-hydrogen) atoms. The minimum atomic E-state index is -2.94. The summed E-state index contributed by atoms with van der Waals surface area (Å²) in [5, 5.41) is 1.33. The molecule has 1 aliphatic heterocycles. The van der Waals surface area contributed by atoms with Crippen LogP contribution in [0.2, 0.25) is 0 Å². The van der Waals surface area contributed by atoms with Gasteiger partial charge in [0.1, 0.15) is 12.4 Å². The SMILES string of the molecule is COCC(=O)N1Cc2c(ccnc2CS(=O)c2nc3ccc(OC(F)F)cc3[nH]2)O1. The summed E-state index contributed by atoms with van der Waals surface area (Å²) >= 11 is 0. The number of amides is 1. The van der Waals surface area contributed by atoms with Gasteiger partial charge in [0, 0.05) is 31.0 Å². The predicted octanol–water partition coefficient (Wildman–Crippen LogP) is 2.15. The maximum absolute atomic E-state index is 12.8. The molecule has 9 nitrogen and oxygen atoms in total. The average molecular weight is 438 g/mol. The number of nitrogens with one attached hydrogen (secondary N) is 1. The number of halogens is 2. The molecule has 1 aromatic carbocycles. The first-order chi connectivity index (χ1) is 14.4. The number of rotatable bonds is 7. The second-order valence-electron chi connectivity index (χ2n) is 6.28. The highest BCUT2D eigenvalue weighted by molar-refractivity contribution is 7.84. The monoisotopic (exact) mass is 438 g/mol. The maximum atomic E-state index is 12.8. The van der Waals surface area contributed by atoms with Crippen molar-refractivity contribution >= 4 is 27.7 Å². The molecule has 0 saturated heterocycles. The number of imidazole rings is 1. The van der Waals surface area contributed by atoms with Crippen molar-refractivity contribution in [3.63, 3.8) is 0 Å². The van der Waals surface area contributed by atoms with Crippen molar-refractivity contribution < 1.29 is 32.1 Å². The quantitative estimate of drug-likeness (QED) is 0.602. The number of aromatic amines is 1. The van der Waals surface area contributed by atoms with Crippen LogP contribution in [0.15, 0.2) is 35.6 Å². The van der Waals surface area contributed by atoms with Gasteiger partial charge in [-0.3, -0.25) is 14.0 Å². The van der Waals surface area contributed by atoms with E-state index in [-0.39, 0.29) is 35.7 Å². The van der Waals surface area contributed by atoms with Crippen LogP contribution >= 0.6 is 0 Å². The summed E-state index contributed by atoms with van der Waals surface area (Å²) in [6, 6.07) is 5.83. The highest BCUT2D eigenvalue weighted by atomic mass is 32.2. The molecule has 0 saturated carbocycles. The van der Waals surface area contributed by atoms with Crippen molar-refractivity contribution in [1.82, 2.24) is 20.0 Å². The van der Waals surface area contributed by atoms with Gasteiger partial charge in [0.2, 0.25) is 0 Å². The van der Waals surface area contributed by atoms with E-state index in [1.807, 2.05) is 0 Å². The van der Waals surface area contributed by atoms with Gasteiger partial charge in [0.15, 0.2) is 10.9 Å². The third-order valence-corrected chi connectivity index (χ3v) is 5.46. The maximum Gasteiger partial charge on any atom is 0.387 e. The number of hydroxylamine groups is 2. The lowest BCUT2D eigenvalue weighted by Crippen LogP contribution is -2.32. The zero-order valence-corrected chi connectivity index (χ0v) is 16.4. The molecule has 1 amide bonds. The molecule has 1 atom stereocenters. The fourth-order valence-electron chi connectivity index (χ4n) is 2.97. The third kappa shape index (κ3) is 4.09. The molecule has 0 fully saturated rings. The van der Waals surface area contributed by atoms with Gasteiger partial charge in [-0.1, -0.05) is 0 Å². The van der Waals surface area contributed by atoms with Gasteiger partial charge in [-0.25, -0.2) is 4.98 Å². The Hall–Kier alpha value is -3.12. The van der Waals surface area contributed by atoms with Crippen LogP contribution in [0.5, 0.6) is 11.5 Å². The first kappa shape index (κ1) is 20.2. The molecular weight excluding hydrogens is 422 g/mol. The summed E-state index contributed by atoms with van der Waals surface area (Å²) in [4.78, 5) is 28.9. The van der Waals surface area contributed by atoms with Crippen molar-refractivity contribution in [1.29, 1.82) is 0 Å². The Morgan fingerprint density at radius 1 is 1.40 bits per heavy atom. The number of hydrogen-bond donors (Lipinski definition) is 1. The van der Waals surface area contributed by atoms with E-state index < -0.39 is 17.4 Å². The van der Waals surface area contributed by atoms with Gasteiger partial charge in [0.05, 0.1) is 39.8 Å². The molecule has 0 spiro atoms. The molecule has 158 valence electrons. The predicted molar refractivity (Wildman–Crippen MR) is 100 cm³/mol. The second kappa shape index (κ2) is 8.32. The molecule has 0 radical (unpaired) electrons. The molecule has 0 bridgehead atoms. The fourth-order valence-corrected chi connectivity index (χ4v) is 4.02. The van der Waals surface area contributed by atoms with Crippen molar-refractivity contribution in [2.45, 2.75) is 24.1 Å². The van der Waals surface area contributed by atoms with Crippen LogP contribution in [0.3, 0.4) is 0 Å². The van der Waals surface area contributed by atoms with Gasteiger partial charge in [0.25, 0.3) is 5.91 Å². The molecule has 1 N–H and O–H groups in total. The minimum absolute atomic E-state index is 0.0268. The molecule has 3 heterocycles. The number of methoxy groups -OCH3 is 1. The highest BCUT2D eigenvalue weighted by Gasteiger charge is 2.29. The molecule has 12 heteroatoms. The molecule has 1 unspecified atom stereocenters. The number of carbonyl (C=O) groups is 1. The molecular formula is C18H16F2N4O5S. The van der Waals surface area contributed by atoms with Crippen molar-refractivity contribution in [2.24, 2.45) is 0 Å². The van der Waals surface area contributed by atoms with Crippen molar-refractivity contribution in [2.75, 3.05) is 13.7 Å². The zero-order chi connectivity index (χ0) is 21.3. The number of H-pyrrole nitrogens is 1. The normalized spacial score (nSPS) is 14.1. The van der Waals surface area contributed by atoms with Gasteiger partial charge >= 0.3 is 6.61 Å². The lowest BCUT2D eigenvalue weighted by atomic mass is 10.2.